The second-order valence-corrected chi connectivity index (χ2v) is 5.23. The van der Waals surface area contributed by atoms with Gasteiger partial charge in [0.2, 0.25) is 5.91 Å². The largest absolute Gasteiger partial charge is 0.353 e. The number of nitro benzene ring substituents is 1. The average Bonchev–Trinajstić information content (AvgIpc) is 2.34. The number of carbonyl (C=O) groups is 1. The molecule has 1 atom stereocenters. The molecule has 6 nitrogen and oxygen atoms in total. The van der Waals surface area contributed by atoms with Gasteiger partial charge in [-0.2, -0.15) is 0 Å². The number of nitro groups is 1. The number of nitrogens with zero attached hydrogens (tertiary/aromatic N) is 1. The molecule has 0 bridgehead atoms. The van der Waals surface area contributed by atoms with E-state index in [0.717, 1.165) is 0 Å². The number of carbonyl (C=O) groups excluding carboxylic acids is 1. The van der Waals surface area contributed by atoms with Gasteiger partial charge < -0.3 is 10.6 Å². The molecule has 0 saturated carbocycles. The second-order valence-electron chi connectivity index (χ2n) is 4.80. The topological polar surface area (TPSA) is 84.3 Å². The number of benzene rings is 1. The molecule has 2 N–H and O–H groups in total. The van der Waals surface area contributed by atoms with Crippen molar-refractivity contribution in [2.45, 2.75) is 39.4 Å². The highest BCUT2D eigenvalue weighted by atomic mass is 35.5. The van der Waals surface area contributed by atoms with E-state index < -0.39 is 11.0 Å². The van der Waals surface area contributed by atoms with Crippen LogP contribution < -0.4 is 10.6 Å². The van der Waals surface area contributed by atoms with Gasteiger partial charge >= 0.3 is 0 Å². The van der Waals surface area contributed by atoms with Crippen molar-refractivity contribution in [1.29, 1.82) is 0 Å². The number of halogens is 1. The quantitative estimate of drug-likeness (QED) is 0.623. The molecule has 1 amide bonds. The van der Waals surface area contributed by atoms with Gasteiger partial charge in [0, 0.05) is 29.2 Å². The van der Waals surface area contributed by atoms with Crippen LogP contribution in [0.4, 0.5) is 5.69 Å². The predicted octanol–water partition coefficient (Wildman–Crippen LogP) is 2.25. The van der Waals surface area contributed by atoms with Crippen LogP contribution in [0.15, 0.2) is 18.2 Å². The number of hydrogen-bond donors (Lipinski definition) is 2. The summed E-state index contributed by atoms with van der Waals surface area (Å²) in [5, 5.41) is 17.1. The number of rotatable bonds is 6. The van der Waals surface area contributed by atoms with E-state index in [9.17, 15) is 14.9 Å². The monoisotopic (exact) mass is 299 g/mol. The Bertz CT molecular complexity index is 506. The third-order valence-electron chi connectivity index (χ3n) is 2.66. The molecule has 0 heterocycles. The minimum atomic E-state index is -0.466. The summed E-state index contributed by atoms with van der Waals surface area (Å²) in [4.78, 5) is 22.2. The van der Waals surface area contributed by atoms with Gasteiger partial charge in [-0.3, -0.25) is 14.9 Å². The summed E-state index contributed by atoms with van der Waals surface area (Å²) in [6.07, 6.45) is 0. The molecule has 0 radical (unpaired) electrons. The summed E-state index contributed by atoms with van der Waals surface area (Å²) in [6.45, 7) is 5.64. The molecule has 0 saturated heterocycles. The van der Waals surface area contributed by atoms with E-state index >= 15 is 0 Å². The van der Waals surface area contributed by atoms with Gasteiger partial charge in [0.25, 0.3) is 5.69 Å². The molecular weight excluding hydrogens is 282 g/mol. The maximum atomic E-state index is 11.7. The van der Waals surface area contributed by atoms with Crippen LogP contribution in [0.1, 0.15) is 26.3 Å². The summed E-state index contributed by atoms with van der Waals surface area (Å²) in [7, 11) is 0. The third kappa shape index (κ3) is 4.79. The second kappa shape index (κ2) is 7.21. The maximum Gasteiger partial charge on any atom is 0.273 e. The summed E-state index contributed by atoms with van der Waals surface area (Å²) in [6, 6.07) is 3.96. The lowest BCUT2D eigenvalue weighted by atomic mass is 10.1. The van der Waals surface area contributed by atoms with E-state index in [4.69, 9.17) is 11.6 Å². The molecular formula is C13H18ClN3O3. The van der Waals surface area contributed by atoms with Crippen molar-refractivity contribution in [3.05, 3.63) is 38.9 Å². The van der Waals surface area contributed by atoms with E-state index in [1.807, 2.05) is 13.8 Å². The third-order valence-corrected chi connectivity index (χ3v) is 2.90. The number of amides is 1. The zero-order valence-corrected chi connectivity index (χ0v) is 12.4. The number of hydrogen-bond acceptors (Lipinski definition) is 4. The lowest BCUT2D eigenvalue weighted by Gasteiger charge is -2.16. The van der Waals surface area contributed by atoms with Gasteiger partial charge in [-0.25, -0.2) is 0 Å². The Kier molecular flexibility index (Phi) is 5.91. The Morgan fingerprint density at radius 3 is 2.60 bits per heavy atom. The standard InChI is InChI=1S/C13H18ClN3O3/c1-8(2)16-13(18)9(3)15-7-10-6-11(14)4-5-12(10)17(19)20/h4-6,8-9,15H,7H2,1-3H3,(H,16,18). The minimum Gasteiger partial charge on any atom is -0.353 e. The highest BCUT2D eigenvalue weighted by Crippen LogP contribution is 2.22. The molecule has 1 unspecified atom stereocenters. The van der Waals surface area contributed by atoms with E-state index in [1.165, 1.54) is 18.2 Å². The van der Waals surface area contributed by atoms with Crippen LogP contribution in [-0.4, -0.2) is 22.9 Å². The van der Waals surface area contributed by atoms with Crippen LogP contribution in [0.2, 0.25) is 5.02 Å². The Morgan fingerprint density at radius 2 is 2.05 bits per heavy atom. The summed E-state index contributed by atoms with van der Waals surface area (Å²) >= 11 is 5.84. The van der Waals surface area contributed by atoms with E-state index in [2.05, 4.69) is 10.6 Å². The Labute approximate surface area is 122 Å². The molecule has 7 heteroatoms. The van der Waals surface area contributed by atoms with E-state index in [0.29, 0.717) is 10.6 Å². The first-order valence-corrected chi connectivity index (χ1v) is 6.65. The molecule has 0 fully saturated rings. The predicted molar refractivity (Wildman–Crippen MR) is 77.7 cm³/mol. The molecule has 0 aliphatic carbocycles. The normalized spacial score (nSPS) is 12.2. The first-order chi connectivity index (χ1) is 9.31. The smallest absolute Gasteiger partial charge is 0.273 e. The Hall–Kier alpha value is -1.66. The maximum absolute atomic E-state index is 11.7. The fourth-order valence-electron chi connectivity index (χ4n) is 1.64. The van der Waals surface area contributed by atoms with E-state index in [-0.39, 0.29) is 24.2 Å². The first kappa shape index (κ1) is 16.4. The van der Waals surface area contributed by atoms with Crippen molar-refractivity contribution >= 4 is 23.2 Å². The van der Waals surface area contributed by atoms with E-state index in [1.54, 1.807) is 6.92 Å². The van der Waals surface area contributed by atoms with Crippen LogP contribution >= 0.6 is 11.6 Å². The highest BCUT2D eigenvalue weighted by molar-refractivity contribution is 6.30. The fraction of sp³-hybridized carbons (Fsp3) is 0.462. The zero-order chi connectivity index (χ0) is 15.3. The SMILES string of the molecule is CC(C)NC(=O)C(C)NCc1cc(Cl)ccc1[N+](=O)[O-]. The zero-order valence-electron chi connectivity index (χ0n) is 11.6. The van der Waals surface area contributed by atoms with Gasteiger partial charge in [0.05, 0.1) is 11.0 Å². The van der Waals surface area contributed by atoms with Gasteiger partial charge in [-0.1, -0.05) is 11.6 Å². The van der Waals surface area contributed by atoms with Crippen LogP contribution in [0, 0.1) is 10.1 Å². The summed E-state index contributed by atoms with van der Waals surface area (Å²) in [5.41, 5.74) is 0.435. The Balaban J connectivity index is 2.72. The molecule has 0 aliphatic heterocycles. The van der Waals surface area contributed by atoms with Crippen molar-refractivity contribution < 1.29 is 9.72 Å². The first-order valence-electron chi connectivity index (χ1n) is 6.28. The summed E-state index contributed by atoms with van der Waals surface area (Å²) in [5.74, 6) is -0.148. The molecule has 1 rings (SSSR count). The van der Waals surface area contributed by atoms with Crippen LogP contribution in [0.3, 0.4) is 0 Å². The van der Waals surface area contributed by atoms with Crippen LogP contribution in [0.25, 0.3) is 0 Å². The van der Waals surface area contributed by atoms with Gasteiger partial charge in [0.1, 0.15) is 0 Å². The molecule has 110 valence electrons. The lowest BCUT2D eigenvalue weighted by molar-refractivity contribution is -0.385. The highest BCUT2D eigenvalue weighted by Gasteiger charge is 2.17. The summed E-state index contributed by atoms with van der Waals surface area (Å²) < 4.78 is 0. The minimum absolute atomic E-state index is 0.0154. The van der Waals surface area contributed by atoms with Gasteiger partial charge in [-0.05, 0) is 32.9 Å². The van der Waals surface area contributed by atoms with Crippen molar-refractivity contribution in [2.75, 3.05) is 0 Å². The van der Waals surface area contributed by atoms with Crippen LogP contribution in [0.5, 0.6) is 0 Å². The van der Waals surface area contributed by atoms with Crippen molar-refractivity contribution in [1.82, 2.24) is 10.6 Å². The Morgan fingerprint density at radius 1 is 1.40 bits per heavy atom. The molecule has 0 spiro atoms. The molecule has 1 aromatic rings. The van der Waals surface area contributed by atoms with Gasteiger partial charge in [-0.15, -0.1) is 0 Å². The molecule has 0 aromatic heterocycles. The molecule has 20 heavy (non-hydrogen) atoms. The van der Waals surface area contributed by atoms with Gasteiger partial charge in [0.15, 0.2) is 0 Å². The number of nitrogens with one attached hydrogen (secondary N) is 2. The van der Waals surface area contributed by atoms with Crippen LogP contribution in [-0.2, 0) is 11.3 Å². The van der Waals surface area contributed by atoms with Crippen molar-refractivity contribution in [2.24, 2.45) is 0 Å². The lowest BCUT2D eigenvalue weighted by Crippen LogP contribution is -2.44. The molecule has 0 aliphatic rings. The van der Waals surface area contributed by atoms with Crippen molar-refractivity contribution in [3.63, 3.8) is 0 Å². The van der Waals surface area contributed by atoms with Crippen molar-refractivity contribution in [3.8, 4) is 0 Å². The molecule has 1 aromatic carbocycles. The fourth-order valence-corrected chi connectivity index (χ4v) is 1.83. The average molecular weight is 300 g/mol.